The third-order valence-corrected chi connectivity index (χ3v) is 5.60. The first kappa shape index (κ1) is 18.9. The summed E-state index contributed by atoms with van der Waals surface area (Å²) in [7, 11) is 0. The summed E-state index contributed by atoms with van der Waals surface area (Å²) in [6, 6.07) is 0. The molecular formula is C20H25NOS2. The van der Waals surface area contributed by atoms with Gasteiger partial charge in [0.25, 0.3) is 5.91 Å². The van der Waals surface area contributed by atoms with Crippen LogP contribution in [-0.4, -0.2) is 10.2 Å². The van der Waals surface area contributed by atoms with Gasteiger partial charge < -0.3 is 5.32 Å². The maximum atomic E-state index is 11.5. The number of amides is 1. The van der Waals surface area contributed by atoms with E-state index >= 15 is 0 Å². The molecule has 0 radical (unpaired) electrons. The van der Waals surface area contributed by atoms with Crippen molar-refractivity contribution >= 4 is 34.2 Å². The molecule has 0 aromatic carbocycles. The molecule has 1 amide bonds. The number of hydrogen-bond acceptors (Lipinski definition) is 3. The van der Waals surface area contributed by atoms with Crippen molar-refractivity contribution in [3.8, 4) is 0 Å². The molecule has 0 aromatic rings. The normalized spacial score (nSPS) is 23.8. The van der Waals surface area contributed by atoms with Crippen LogP contribution in [0.3, 0.4) is 0 Å². The van der Waals surface area contributed by atoms with E-state index in [0.29, 0.717) is 9.23 Å². The minimum Gasteiger partial charge on any atom is -0.307 e. The van der Waals surface area contributed by atoms with Gasteiger partial charge in [0, 0.05) is 0 Å². The van der Waals surface area contributed by atoms with Gasteiger partial charge in [0.2, 0.25) is 0 Å². The van der Waals surface area contributed by atoms with Crippen molar-refractivity contribution < 1.29 is 4.79 Å². The third-order valence-electron chi connectivity index (χ3n) is 4.42. The zero-order valence-corrected chi connectivity index (χ0v) is 16.4. The van der Waals surface area contributed by atoms with Crippen LogP contribution in [-0.2, 0) is 4.79 Å². The maximum absolute atomic E-state index is 11.5. The van der Waals surface area contributed by atoms with Gasteiger partial charge in [0.1, 0.15) is 4.32 Å². The van der Waals surface area contributed by atoms with E-state index in [4.69, 9.17) is 12.2 Å². The summed E-state index contributed by atoms with van der Waals surface area (Å²) in [5.74, 6) is -0.114. The standard InChI is InChI=1S/C20H25NOS2/c1-14(8-5-6-10-17-18(22)21-19(23)24-17)11-12-16-15(2)9-7-13-20(16,3)4/h5-6,8,10-12H,7,9,13H2,1-4H3,(H,21,22,23)/b6-5+,12-11+,14-8-,17-10-. The van der Waals surface area contributed by atoms with E-state index in [2.05, 4.69) is 51.2 Å². The molecule has 1 fully saturated rings. The first-order valence-electron chi connectivity index (χ1n) is 8.26. The number of allylic oxidation sites excluding steroid dienone is 9. The molecule has 0 atom stereocenters. The number of nitrogens with one attached hydrogen (secondary N) is 1. The fourth-order valence-corrected chi connectivity index (χ4v) is 4.06. The van der Waals surface area contributed by atoms with E-state index in [0.717, 1.165) is 0 Å². The zero-order chi connectivity index (χ0) is 17.7. The van der Waals surface area contributed by atoms with Crippen LogP contribution in [0.4, 0.5) is 0 Å². The summed E-state index contributed by atoms with van der Waals surface area (Å²) in [6.07, 6.45) is 15.9. The fraction of sp³-hybridized carbons (Fsp3) is 0.400. The first-order chi connectivity index (χ1) is 11.3. The largest absolute Gasteiger partial charge is 0.307 e. The Balaban J connectivity index is 2.01. The highest BCUT2D eigenvalue weighted by atomic mass is 32.2. The molecule has 2 aliphatic rings. The van der Waals surface area contributed by atoms with E-state index < -0.39 is 0 Å². The average molecular weight is 360 g/mol. The second-order valence-corrected chi connectivity index (χ2v) is 8.65. The van der Waals surface area contributed by atoms with E-state index in [-0.39, 0.29) is 11.3 Å². The van der Waals surface area contributed by atoms with Crippen molar-refractivity contribution in [2.45, 2.75) is 47.0 Å². The van der Waals surface area contributed by atoms with Gasteiger partial charge in [-0.15, -0.1) is 0 Å². The predicted molar refractivity (Wildman–Crippen MR) is 109 cm³/mol. The molecule has 0 bridgehead atoms. The van der Waals surface area contributed by atoms with Crippen molar-refractivity contribution in [3.05, 3.63) is 58.1 Å². The minimum absolute atomic E-state index is 0.114. The maximum Gasteiger partial charge on any atom is 0.263 e. The summed E-state index contributed by atoms with van der Waals surface area (Å²) < 4.78 is 0.521. The van der Waals surface area contributed by atoms with Gasteiger partial charge in [0.05, 0.1) is 4.91 Å². The summed E-state index contributed by atoms with van der Waals surface area (Å²) >= 11 is 6.26. The molecule has 1 aliphatic heterocycles. The van der Waals surface area contributed by atoms with Crippen LogP contribution in [0.25, 0.3) is 0 Å². The quantitative estimate of drug-likeness (QED) is 0.402. The van der Waals surface area contributed by atoms with Crippen molar-refractivity contribution in [2.75, 3.05) is 0 Å². The van der Waals surface area contributed by atoms with Crippen LogP contribution in [0.2, 0.25) is 0 Å². The molecule has 4 heteroatoms. The highest BCUT2D eigenvalue weighted by Crippen LogP contribution is 2.40. The lowest BCUT2D eigenvalue weighted by Gasteiger charge is -2.32. The summed E-state index contributed by atoms with van der Waals surface area (Å²) in [4.78, 5) is 12.2. The second kappa shape index (κ2) is 8.13. The lowest BCUT2D eigenvalue weighted by Crippen LogP contribution is -2.19. The van der Waals surface area contributed by atoms with Crippen LogP contribution in [0.1, 0.15) is 47.0 Å². The monoisotopic (exact) mass is 359 g/mol. The Morgan fingerprint density at radius 2 is 2.08 bits per heavy atom. The molecule has 2 nitrogen and oxygen atoms in total. The van der Waals surface area contributed by atoms with Gasteiger partial charge in [-0.3, -0.25) is 4.79 Å². The molecule has 0 spiro atoms. The number of thiocarbonyl (C=S) groups is 1. The second-order valence-electron chi connectivity index (χ2n) is 6.93. The molecule has 1 heterocycles. The number of hydrogen-bond donors (Lipinski definition) is 1. The van der Waals surface area contributed by atoms with Crippen LogP contribution < -0.4 is 5.32 Å². The SMILES string of the molecule is CC1=C(/C=C/C(C)=C\C=C\C=C2/SC(=S)NC2=O)C(C)(C)CCC1. The molecule has 0 saturated carbocycles. The number of carbonyl (C=O) groups is 1. The van der Waals surface area contributed by atoms with Crippen LogP contribution in [0.15, 0.2) is 58.1 Å². The molecule has 2 rings (SSSR count). The van der Waals surface area contributed by atoms with Crippen molar-refractivity contribution in [3.63, 3.8) is 0 Å². The zero-order valence-electron chi connectivity index (χ0n) is 14.8. The molecule has 24 heavy (non-hydrogen) atoms. The Hall–Kier alpha value is -1.39. The molecule has 1 saturated heterocycles. The Labute approximate surface area is 154 Å². The van der Waals surface area contributed by atoms with E-state index in [1.165, 1.54) is 47.7 Å². The van der Waals surface area contributed by atoms with Gasteiger partial charge in [-0.1, -0.05) is 79.4 Å². The Morgan fingerprint density at radius 3 is 2.71 bits per heavy atom. The molecule has 0 aromatic heterocycles. The lowest BCUT2D eigenvalue weighted by atomic mass is 9.72. The molecular weight excluding hydrogens is 334 g/mol. The third kappa shape index (κ3) is 5.05. The fourth-order valence-electron chi connectivity index (χ4n) is 3.07. The van der Waals surface area contributed by atoms with Crippen LogP contribution >= 0.6 is 24.0 Å². The van der Waals surface area contributed by atoms with Crippen molar-refractivity contribution in [1.82, 2.24) is 5.32 Å². The minimum atomic E-state index is -0.114. The van der Waals surface area contributed by atoms with Gasteiger partial charge in [0.15, 0.2) is 0 Å². The van der Waals surface area contributed by atoms with Gasteiger partial charge in [-0.2, -0.15) is 0 Å². The smallest absolute Gasteiger partial charge is 0.263 e. The van der Waals surface area contributed by atoms with Gasteiger partial charge in [-0.05, 0) is 50.2 Å². The molecule has 1 aliphatic carbocycles. The van der Waals surface area contributed by atoms with Gasteiger partial charge >= 0.3 is 0 Å². The molecule has 0 unspecified atom stereocenters. The summed E-state index contributed by atoms with van der Waals surface area (Å²) in [6.45, 7) is 9.00. The van der Waals surface area contributed by atoms with Crippen molar-refractivity contribution in [1.29, 1.82) is 0 Å². The highest BCUT2D eigenvalue weighted by molar-refractivity contribution is 8.26. The number of rotatable bonds is 4. The average Bonchev–Trinajstić information content (AvgIpc) is 2.80. The molecule has 128 valence electrons. The Bertz CT molecular complexity index is 690. The summed E-state index contributed by atoms with van der Waals surface area (Å²) in [5, 5.41) is 2.61. The van der Waals surface area contributed by atoms with E-state index in [1.54, 1.807) is 6.08 Å². The number of carbonyl (C=O) groups excluding carboxylic acids is 1. The lowest BCUT2D eigenvalue weighted by molar-refractivity contribution is -0.115. The van der Waals surface area contributed by atoms with E-state index in [1.807, 2.05) is 12.2 Å². The van der Waals surface area contributed by atoms with Gasteiger partial charge in [-0.25, -0.2) is 0 Å². The Kier molecular flexibility index (Phi) is 6.41. The molecule has 1 N–H and O–H groups in total. The van der Waals surface area contributed by atoms with E-state index in [9.17, 15) is 4.79 Å². The van der Waals surface area contributed by atoms with Crippen molar-refractivity contribution in [2.24, 2.45) is 5.41 Å². The predicted octanol–water partition coefficient (Wildman–Crippen LogP) is 5.60. The topological polar surface area (TPSA) is 29.1 Å². The van der Waals surface area contributed by atoms with Crippen LogP contribution in [0, 0.1) is 5.41 Å². The summed E-state index contributed by atoms with van der Waals surface area (Å²) in [5.41, 5.74) is 4.44. The highest BCUT2D eigenvalue weighted by Gasteiger charge is 2.26. The number of thioether (sulfide) groups is 1. The first-order valence-corrected chi connectivity index (χ1v) is 9.49. The van der Waals surface area contributed by atoms with Crippen LogP contribution in [0.5, 0.6) is 0 Å². The Morgan fingerprint density at radius 1 is 1.33 bits per heavy atom.